The molecule has 0 aliphatic carbocycles. The van der Waals surface area contributed by atoms with E-state index in [4.69, 9.17) is 0 Å². The average Bonchev–Trinajstić information content (AvgIpc) is 2.50. The molecule has 0 aliphatic heterocycles. The zero-order valence-corrected chi connectivity index (χ0v) is 13.3. The number of nitro benzene ring substituents is 1. The Kier molecular flexibility index (Phi) is 4.95. The van der Waals surface area contributed by atoms with Crippen LogP contribution >= 0.6 is 0 Å². The van der Waals surface area contributed by atoms with Crippen LogP contribution in [0.3, 0.4) is 0 Å². The van der Waals surface area contributed by atoms with Crippen molar-refractivity contribution in [3.05, 3.63) is 63.2 Å². The summed E-state index contributed by atoms with van der Waals surface area (Å²) in [6, 6.07) is 10.3. The molecule has 0 fully saturated rings. The number of anilines is 2. The highest BCUT2D eigenvalue weighted by Crippen LogP contribution is 2.21. The van der Waals surface area contributed by atoms with Gasteiger partial charge in [0.2, 0.25) is 5.91 Å². The first-order chi connectivity index (χ1) is 10.9. The molecule has 0 aliphatic rings. The van der Waals surface area contributed by atoms with E-state index in [0.29, 0.717) is 5.69 Å². The summed E-state index contributed by atoms with van der Waals surface area (Å²) in [4.78, 5) is 22.3. The topological polar surface area (TPSA) is 84.3 Å². The summed E-state index contributed by atoms with van der Waals surface area (Å²) in [7, 11) is 0. The van der Waals surface area contributed by atoms with E-state index in [1.165, 1.54) is 17.7 Å². The van der Waals surface area contributed by atoms with Gasteiger partial charge >= 0.3 is 0 Å². The summed E-state index contributed by atoms with van der Waals surface area (Å²) in [5.74, 6) is -0.258. The van der Waals surface area contributed by atoms with Crippen molar-refractivity contribution in [1.82, 2.24) is 0 Å². The summed E-state index contributed by atoms with van der Waals surface area (Å²) in [5.41, 5.74) is 4.37. The molecule has 0 saturated heterocycles. The minimum absolute atomic E-state index is 0.0481. The molecule has 6 heteroatoms. The molecule has 2 rings (SSSR count). The maximum Gasteiger partial charge on any atom is 0.271 e. The zero-order chi connectivity index (χ0) is 17.0. The maximum absolute atomic E-state index is 12.0. The molecular weight excluding hydrogens is 294 g/mol. The van der Waals surface area contributed by atoms with Crippen molar-refractivity contribution < 1.29 is 9.72 Å². The second-order valence-electron chi connectivity index (χ2n) is 5.46. The Morgan fingerprint density at radius 3 is 2.39 bits per heavy atom. The summed E-state index contributed by atoms with van der Waals surface area (Å²) in [6.45, 7) is 5.91. The molecule has 1 amide bonds. The van der Waals surface area contributed by atoms with Crippen LogP contribution in [0.25, 0.3) is 0 Å². The third-order valence-electron chi connectivity index (χ3n) is 3.67. The lowest BCUT2D eigenvalue weighted by molar-refractivity contribution is -0.384. The van der Waals surface area contributed by atoms with Crippen LogP contribution in [0, 0.1) is 30.9 Å². The van der Waals surface area contributed by atoms with E-state index in [0.717, 1.165) is 16.8 Å². The lowest BCUT2D eigenvalue weighted by atomic mass is 10.1. The lowest BCUT2D eigenvalue weighted by Crippen LogP contribution is -2.22. The van der Waals surface area contributed by atoms with Gasteiger partial charge < -0.3 is 10.6 Å². The molecule has 0 heterocycles. The van der Waals surface area contributed by atoms with Crippen molar-refractivity contribution in [1.29, 1.82) is 0 Å². The van der Waals surface area contributed by atoms with Crippen LogP contribution in [0.4, 0.5) is 17.1 Å². The maximum atomic E-state index is 12.0. The van der Waals surface area contributed by atoms with Gasteiger partial charge in [0.15, 0.2) is 0 Å². The zero-order valence-electron chi connectivity index (χ0n) is 13.3. The molecular formula is C17H19N3O3. The first kappa shape index (κ1) is 16.5. The molecule has 0 aromatic heterocycles. The number of nitrogens with one attached hydrogen (secondary N) is 2. The number of carbonyl (C=O) groups excluding carboxylic acids is 1. The van der Waals surface area contributed by atoms with Gasteiger partial charge in [0, 0.05) is 17.8 Å². The van der Waals surface area contributed by atoms with Gasteiger partial charge in [0.1, 0.15) is 0 Å². The molecule has 0 spiro atoms. The van der Waals surface area contributed by atoms with E-state index in [2.05, 4.69) is 10.6 Å². The quantitative estimate of drug-likeness (QED) is 0.653. The molecule has 2 aromatic carbocycles. The predicted molar refractivity (Wildman–Crippen MR) is 90.9 cm³/mol. The largest absolute Gasteiger partial charge is 0.376 e. The molecule has 0 unspecified atom stereocenters. The van der Waals surface area contributed by atoms with E-state index < -0.39 is 4.92 Å². The highest BCUT2D eigenvalue weighted by atomic mass is 16.6. The Labute approximate surface area is 134 Å². The van der Waals surface area contributed by atoms with E-state index in [9.17, 15) is 14.9 Å². The van der Waals surface area contributed by atoms with Gasteiger partial charge in [-0.3, -0.25) is 14.9 Å². The number of carbonyl (C=O) groups is 1. The minimum atomic E-state index is -0.484. The van der Waals surface area contributed by atoms with Crippen molar-refractivity contribution in [2.24, 2.45) is 0 Å². The summed E-state index contributed by atoms with van der Waals surface area (Å²) in [5, 5.41) is 16.5. The first-order valence-electron chi connectivity index (χ1n) is 7.23. The SMILES string of the molecule is Cc1ccc(NCC(=O)Nc2cc([N+](=O)[O-])ccc2C)cc1C. The number of rotatable bonds is 5. The second kappa shape index (κ2) is 6.91. The number of non-ortho nitro benzene ring substituents is 1. The molecule has 0 saturated carbocycles. The van der Waals surface area contributed by atoms with Gasteiger partial charge in [-0.2, -0.15) is 0 Å². The Balaban J connectivity index is 2.00. The van der Waals surface area contributed by atoms with E-state index in [-0.39, 0.29) is 18.1 Å². The number of nitrogens with zero attached hydrogens (tertiary/aromatic N) is 1. The fourth-order valence-electron chi connectivity index (χ4n) is 2.09. The highest BCUT2D eigenvalue weighted by Gasteiger charge is 2.11. The lowest BCUT2D eigenvalue weighted by Gasteiger charge is -2.11. The summed E-state index contributed by atoms with van der Waals surface area (Å²) >= 11 is 0. The van der Waals surface area contributed by atoms with Gasteiger partial charge in [0.05, 0.1) is 17.2 Å². The smallest absolute Gasteiger partial charge is 0.271 e. The Morgan fingerprint density at radius 2 is 1.74 bits per heavy atom. The van der Waals surface area contributed by atoms with Crippen LogP contribution < -0.4 is 10.6 Å². The van der Waals surface area contributed by atoms with Crippen LogP contribution in [0.2, 0.25) is 0 Å². The molecule has 6 nitrogen and oxygen atoms in total. The second-order valence-corrected chi connectivity index (χ2v) is 5.46. The van der Waals surface area contributed by atoms with Crippen LogP contribution in [0.1, 0.15) is 16.7 Å². The number of aryl methyl sites for hydroxylation is 3. The Morgan fingerprint density at radius 1 is 1.04 bits per heavy atom. The number of hydrogen-bond donors (Lipinski definition) is 2. The van der Waals surface area contributed by atoms with Gasteiger partial charge in [-0.25, -0.2) is 0 Å². The fraction of sp³-hybridized carbons (Fsp3) is 0.235. The fourth-order valence-corrected chi connectivity index (χ4v) is 2.09. The minimum Gasteiger partial charge on any atom is -0.376 e. The Hall–Kier alpha value is -2.89. The van der Waals surface area contributed by atoms with Crippen LogP contribution in [0.15, 0.2) is 36.4 Å². The van der Waals surface area contributed by atoms with Crippen molar-refractivity contribution in [2.75, 3.05) is 17.2 Å². The van der Waals surface area contributed by atoms with Crippen LogP contribution in [-0.4, -0.2) is 17.4 Å². The normalized spacial score (nSPS) is 10.2. The van der Waals surface area contributed by atoms with Crippen molar-refractivity contribution in [3.8, 4) is 0 Å². The van der Waals surface area contributed by atoms with Crippen LogP contribution in [-0.2, 0) is 4.79 Å². The first-order valence-corrected chi connectivity index (χ1v) is 7.23. The molecule has 0 bridgehead atoms. The van der Waals surface area contributed by atoms with E-state index in [1.807, 2.05) is 32.0 Å². The van der Waals surface area contributed by atoms with Crippen molar-refractivity contribution >= 4 is 23.0 Å². The van der Waals surface area contributed by atoms with Gasteiger partial charge in [-0.15, -0.1) is 0 Å². The number of hydrogen-bond acceptors (Lipinski definition) is 4. The van der Waals surface area contributed by atoms with Gasteiger partial charge in [0.25, 0.3) is 5.69 Å². The number of nitro groups is 1. The van der Waals surface area contributed by atoms with Crippen molar-refractivity contribution in [3.63, 3.8) is 0 Å². The third-order valence-corrected chi connectivity index (χ3v) is 3.67. The van der Waals surface area contributed by atoms with E-state index in [1.54, 1.807) is 13.0 Å². The monoisotopic (exact) mass is 313 g/mol. The summed E-state index contributed by atoms with van der Waals surface area (Å²) < 4.78 is 0. The standard InChI is InChI=1S/C17H19N3O3/c1-11-4-6-14(8-13(11)3)18-10-17(21)19-16-9-15(20(22)23)7-5-12(16)2/h4-9,18H,10H2,1-3H3,(H,19,21). The molecule has 2 aromatic rings. The molecule has 2 N–H and O–H groups in total. The average molecular weight is 313 g/mol. The molecule has 0 radical (unpaired) electrons. The molecule has 23 heavy (non-hydrogen) atoms. The predicted octanol–water partition coefficient (Wildman–Crippen LogP) is 3.57. The third kappa shape index (κ3) is 4.29. The molecule has 120 valence electrons. The molecule has 0 atom stereocenters. The van der Waals surface area contributed by atoms with Gasteiger partial charge in [-0.05, 0) is 49.6 Å². The summed E-state index contributed by atoms with van der Waals surface area (Å²) in [6.07, 6.45) is 0. The van der Waals surface area contributed by atoms with Crippen LogP contribution in [0.5, 0.6) is 0 Å². The van der Waals surface area contributed by atoms with E-state index >= 15 is 0 Å². The van der Waals surface area contributed by atoms with Crippen molar-refractivity contribution in [2.45, 2.75) is 20.8 Å². The highest BCUT2D eigenvalue weighted by molar-refractivity contribution is 5.94. The van der Waals surface area contributed by atoms with Gasteiger partial charge in [-0.1, -0.05) is 12.1 Å². The number of benzene rings is 2. The number of amides is 1. The Bertz CT molecular complexity index is 757.